The van der Waals surface area contributed by atoms with Gasteiger partial charge in [-0.2, -0.15) is 4.31 Å². The molecule has 1 fully saturated rings. The van der Waals surface area contributed by atoms with Crippen molar-refractivity contribution in [2.24, 2.45) is 0 Å². The van der Waals surface area contributed by atoms with Gasteiger partial charge in [-0.1, -0.05) is 43.7 Å². The molecule has 0 spiro atoms. The second-order valence-corrected chi connectivity index (χ2v) is 8.54. The molecule has 0 aliphatic carbocycles. The monoisotopic (exact) mass is 396 g/mol. The number of hydrogen-bond donors (Lipinski definition) is 2. The molecule has 3 amide bonds. The molecule has 2 N–H and O–H groups in total. The fourth-order valence-corrected chi connectivity index (χ4v) is 4.35. The summed E-state index contributed by atoms with van der Waals surface area (Å²) in [6, 6.07) is 8.59. The summed E-state index contributed by atoms with van der Waals surface area (Å²) in [6.45, 7) is 4.22. The van der Waals surface area contributed by atoms with Gasteiger partial charge >= 0.3 is 6.03 Å². The van der Waals surface area contributed by atoms with Gasteiger partial charge in [0.15, 0.2) is 0 Å². The van der Waals surface area contributed by atoms with Crippen molar-refractivity contribution in [1.82, 2.24) is 19.8 Å². The number of hydrogen-bond acceptors (Lipinski definition) is 5. The van der Waals surface area contributed by atoms with Crippen LogP contribution in [0.1, 0.15) is 25.3 Å². The van der Waals surface area contributed by atoms with Crippen molar-refractivity contribution in [3.8, 4) is 0 Å². The van der Waals surface area contributed by atoms with Crippen LogP contribution in [-0.2, 0) is 20.6 Å². The summed E-state index contributed by atoms with van der Waals surface area (Å²) in [7, 11) is -3.38. The first-order valence-electron chi connectivity index (χ1n) is 9.22. The highest BCUT2D eigenvalue weighted by Crippen LogP contribution is 2.13. The summed E-state index contributed by atoms with van der Waals surface area (Å²) >= 11 is 0. The van der Waals surface area contributed by atoms with Gasteiger partial charge in [-0.3, -0.25) is 15.0 Å². The molecule has 0 unspecified atom stereocenters. The van der Waals surface area contributed by atoms with Gasteiger partial charge in [-0.05, 0) is 12.0 Å². The molecule has 0 bridgehead atoms. The highest BCUT2D eigenvalue weighted by atomic mass is 32.2. The minimum atomic E-state index is -3.38. The smallest absolute Gasteiger partial charge is 0.321 e. The third kappa shape index (κ3) is 7.28. The number of nitrogens with one attached hydrogen (secondary N) is 2. The van der Waals surface area contributed by atoms with Crippen molar-refractivity contribution in [3.05, 3.63) is 35.9 Å². The normalized spacial score (nSPS) is 16.0. The van der Waals surface area contributed by atoms with Crippen LogP contribution in [0.5, 0.6) is 0 Å². The SMILES string of the molecule is CCCCNC(=O)NC(=O)CN1CCN(S(=O)(=O)Cc2ccccc2)CC1. The van der Waals surface area contributed by atoms with Gasteiger partial charge in [0.2, 0.25) is 15.9 Å². The zero-order valence-electron chi connectivity index (χ0n) is 15.7. The second kappa shape index (κ2) is 10.4. The summed E-state index contributed by atoms with van der Waals surface area (Å²) in [5.74, 6) is -0.406. The molecule has 2 rings (SSSR count). The lowest BCUT2D eigenvalue weighted by molar-refractivity contribution is -0.121. The molecule has 27 heavy (non-hydrogen) atoms. The minimum absolute atomic E-state index is 0.0216. The number of rotatable bonds is 8. The van der Waals surface area contributed by atoms with Gasteiger partial charge in [0, 0.05) is 32.7 Å². The summed E-state index contributed by atoms with van der Waals surface area (Å²) in [5, 5.41) is 4.92. The van der Waals surface area contributed by atoms with Crippen LogP contribution in [0.25, 0.3) is 0 Å². The number of unbranched alkanes of at least 4 members (excludes halogenated alkanes) is 1. The number of nitrogens with zero attached hydrogens (tertiary/aromatic N) is 2. The largest absolute Gasteiger partial charge is 0.338 e. The summed E-state index contributed by atoms with van der Waals surface area (Å²) in [6.07, 6.45) is 1.83. The number of urea groups is 1. The number of benzene rings is 1. The van der Waals surface area contributed by atoms with Crippen molar-refractivity contribution in [1.29, 1.82) is 0 Å². The van der Waals surface area contributed by atoms with Crippen molar-refractivity contribution >= 4 is 22.0 Å². The van der Waals surface area contributed by atoms with E-state index in [9.17, 15) is 18.0 Å². The molecule has 0 atom stereocenters. The third-order valence-corrected chi connectivity index (χ3v) is 6.20. The van der Waals surface area contributed by atoms with Gasteiger partial charge in [-0.25, -0.2) is 13.2 Å². The zero-order chi connectivity index (χ0) is 19.7. The predicted molar refractivity (Wildman–Crippen MR) is 104 cm³/mol. The third-order valence-electron chi connectivity index (χ3n) is 4.35. The Balaban J connectivity index is 1.74. The topological polar surface area (TPSA) is 98.8 Å². The molecule has 150 valence electrons. The van der Waals surface area contributed by atoms with E-state index in [4.69, 9.17) is 0 Å². The van der Waals surface area contributed by atoms with Gasteiger partial charge in [-0.15, -0.1) is 0 Å². The summed E-state index contributed by atoms with van der Waals surface area (Å²) in [4.78, 5) is 25.4. The van der Waals surface area contributed by atoms with Gasteiger partial charge in [0.1, 0.15) is 0 Å². The predicted octanol–water partition coefficient (Wildman–Crippen LogP) is 0.760. The van der Waals surface area contributed by atoms with Crippen molar-refractivity contribution < 1.29 is 18.0 Å². The van der Waals surface area contributed by atoms with E-state index in [1.54, 1.807) is 12.1 Å². The Labute approximate surface area is 161 Å². The molecular formula is C18H28N4O4S. The molecule has 0 radical (unpaired) electrons. The molecule has 9 heteroatoms. The highest BCUT2D eigenvalue weighted by Gasteiger charge is 2.27. The van der Waals surface area contributed by atoms with Crippen molar-refractivity contribution in [2.45, 2.75) is 25.5 Å². The Bertz CT molecular complexity index is 716. The standard InChI is InChI=1S/C18H28N4O4S/c1-2-3-9-19-18(24)20-17(23)14-21-10-12-22(13-11-21)27(25,26)15-16-7-5-4-6-8-16/h4-8H,2-3,9-15H2,1H3,(H2,19,20,23,24). The molecule has 1 aromatic carbocycles. The first kappa shape index (κ1) is 21.3. The second-order valence-electron chi connectivity index (χ2n) is 6.57. The lowest BCUT2D eigenvalue weighted by Gasteiger charge is -2.33. The Morgan fingerprint density at radius 3 is 2.37 bits per heavy atom. The van der Waals surface area contributed by atoms with Gasteiger partial charge < -0.3 is 5.32 Å². The number of piperazine rings is 1. The Morgan fingerprint density at radius 2 is 1.74 bits per heavy atom. The van der Waals surface area contributed by atoms with Crippen molar-refractivity contribution in [2.75, 3.05) is 39.3 Å². The van der Waals surface area contributed by atoms with E-state index < -0.39 is 16.1 Å². The maximum absolute atomic E-state index is 12.5. The molecule has 1 aromatic rings. The van der Waals surface area contributed by atoms with Crippen LogP contribution in [0.4, 0.5) is 4.79 Å². The maximum atomic E-state index is 12.5. The van der Waals surface area contributed by atoms with Crippen LogP contribution < -0.4 is 10.6 Å². The van der Waals surface area contributed by atoms with E-state index in [0.717, 1.165) is 18.4 Å². The molecular weight excluding hydrogens is 368 g/mol. The first-order valence-corrected chi connectivity index (χ1v) is 10.8. The Hall–Kier alpha value is -1.97. The maximum Gasteiger partial charge on any atom is 0.321 e. The van der Waals surface area contributed by atoms with Crippen LogP contribution in [-0.4, -0.2) is 68.8 Å². The molecule has 8 nitrogen and oxygen atoms in total. The number of sulfonamides is 1. The fraction of sp³-hybridized carbons (Fsp3) is 0.556. The number of carbonyl (C=O) groups excluding carboxylic acids is 2. The lowest BCUT2D eigenvalue weighted by Crippen LogP contribution is -2.52. The average molecular weight is 397 g/mol. The number of imide groups is 1. The summed E-state index contributed by atoms with van der Waals surface area (Å²) < 4.78 is 26.5. The molecule has 1 aliphatic heterocycles. The van der Waals surface area contributed by atoms with Crippen LogP contribution in [0, 0.1) is 0 Å². The van der Waals surface area contributed by atoms with Gasteiger partial charge in [0.25, 0.3) is 0 Å². The number of amides is 3. The summed E-state index contributed by atoms with van der Waals surface area (Å²) in [5.41, 5.74) is 0.758. The average Bonchev–Trinajstić information content (AvgIpc) is 2.62. The molecule has 1 saturated heterocycles. The molecule has 1 aliphatic rings. The highest BCUT2D eigenvalue weighted by molar-refractivity contribution is 7.88. The molecule has 0 aromatic heterocycles. The zero-order valence-corrected chi connectivity index (χ0v) is 16.5. The Morgan fingerprint density at radius 1 is 1.07 bits per heavy atom. The van der Waals surface area contributed by atoms with Crippen LogP contribution in [0.15, 0.2) is 30.3 Å². The van der Waals surface area contributed by atoms with E-state index in [-0.39, 0.29) is 18.2 Å². The molecule has 1 heterocycles. The van der Waals surface area contributed by atoms with Crippen LogP contribution >= 0.6 is 0 Å². The van der Waals surface area contributed by atoms with E-state index in [0.29, 0.717) is 32.7 Å². The van der Waals surface area contributed by atoms with E-state index >= 15 is 0 Å². The number of carbonyl (C=O) groups is 2. The van der Waals surface area contributed by atoms with E-state index in [1.807, 2.05) is 30.0 Å². The van der Waals surface area contributed by atoms with E-state index in [1.165, 1.54) is 4.31 Å². The quantitative estimate of drug-likeness (QED) is 0.632. The Kier molecular flexibility index (Phi) is 8.21. The minimum Gasteiger partial charge on any atom is -0.338 e. The van der Waals surface area contributed by atoms with Crippen LogP contribution in [0.3, 0.4) is 0 Å². The first-order chi connectivity index (χ1) is 12.9. The van der Waals surface area contributed by atoms with E-state index in [2.05, 4.69) is 10.6 Å². The fourth-order valence-electron chi connectivity index (χ4n) is 2.83. The molecule has 0 saturated carbocycles. The van der Waals surface area contributed by atoms with Crippen molar-refractivity contribution in [3.63, 3.8) is 0 Å². The lowest BCUT2D eigenvalue weighted by atomic mass is 10.2. The van der Waals surface area contributed by atoms with Crippen LogP contribution in [0.2, 0.25) is 0 Å². The van der Waals surface area contributed by atoms with Gasteiger partial charge in [0.05, 0.1) is 12.3 Å².